The lowest BCUT2D eigenvalue weighted by molar-refractivity contribution is 0.0405. The highest BCUT2D eigenvalue weighted by atomic mass is 16.5. The van der Waals surface area contributed by atoms with Gasteiger partial charge in [-0.05, 0) is 6.92 Å². The van der Waals surface area contributed by atoms with E-state index in [0.717, 1.165) is 0 Å². The Bertz CT molecular complexity index is 139. The normalized spacial score (nSPS) is 14.4. The molecule has 0 aliphatic carbocycles. The maximum absolute atomic E-state index is 9.40. The first-order valence-corrected chi connectivity index (χ1v) is 5.09. The second-order valence-electron chi connectivity index (χ2n) is 4.27. The topological polar surface area (TPSA) is 61.7 Å². The predicted octanol–water partition coefficient (Wildman–Crippen LogP) is -0.00810. The SMILES string of the molecule is CCOCC(O)CNCC(C)(C)CO. The van der Waals surface area contributed by atoms with Crippen molar-refractivity contribution in [2.75, 3.05) is 32.9 Å². The second-order valence-corrected chi connectivity index (χ2v) is 4.27. The van der Waals surface area contributed by atoms with E-state index in [-0.39, 0.29) is 12.0 Å². The van der Waals surface area contributed by atoms with Gasteiger partial charge in [0.05, 0.1) is 12.7 Å². The third kappa shape index (κ3) is 7.26. The summed E-state index contributed by atoms with van der Waals surface area (Å²) in [5.41, 5.74) is -0.134. The molecule has 0 heterocycles. The quantitative estimate of drug-likeness (QED) is 0.521. The van der Waals surface area contributed by atoms with Gasteiger partial charge in [0, 0.05) is 31.7 Å². The largest absolute Gasteiger partial charge is 0.396 e. The Morgan fingerprint density at radius 1 is 1.43 bits per heavy atom. The van der Waals surface area contributed by atoms with Crippen molar-refractivity contribution in [1.82, 2.24) is 5.32 Å². The molecule has 0 bridgehead atoms. The van der Waals surface area contributed by atoms with Gasteiger partial charge in [-0.2, -0.15) is 0 Å². The molecule has 14 heavy (non-hydrogen) atoms. The van der Waals surface area contributed by atoms with Gasteiger partial charge in [0.15, 0.2) is 0 Å². The summed E-state index contributed by atoms with van der Waals surface area (Å²) < 4.78 is 5.06. The van der Waals surface area contributed by atoms with Crippen LogP contribution in [0.15, 0.2) is 0 Å². The van der Waals surface area contributed by atoms with Gasteiger partial charge in [0.1, 0.15) is 0 Å². The maximum Gasteiger partial charge on any atom is 0.0897 e. The highest BCUT2D eigenvalue weighted by molar-refractivity contribution is 4.71. The molecule has 4 heteroatoms. The fourth-order valence-electron chi connectivity index (χ4n) is 0.946. The number of rotatable bonds is 8. The van der Waals surface area contributed by atoms with Crippen LogP contribution < -0.4 is 5.32 Å². The van der Waals surface area contributed by atoms with Gasteiger partial charge in [0.25, 0.3) is 0 Å². The fourth-order valence-corrected chi connectivity index (χ4v) is 0.946. The van der Waals surface area contributed by atoms with Crippen LogP contribution in [0, 0.1) is 5.41 Å². The molecule has 0 radical (unpaired) electrons. The predicted molar refractivity (Wildman–Crippen MR) is 56.2 cm³/mol. The Hall–Kier alpha value is -0.160. The van der Waals surface area contributed by atoms with Gasteiger partial charge in [0.2, 0.25) is 0 Å². The minimum atomic E-state index is -0.468. The van der Waals surface area contributed by atoms with E-state index < -0.39 is 6.10 Å². The lowest BCUT2D eigenvalue weighted by Crippen LogP contribution is -2.38. The van der Waals surface area contributed by atoms with Crippen molar-refractivity contribution in [1.29, 1.82) is 0 Å². The lowest BCUT2D eigenvalue weighted by Gasteiger charge is -2.22. The van der Waals surface area contributed by atoms with E-state index in [0.29, 0.717) is 26.3 Å². The molecule has 3 N–H and O–H groups in total. The minimum absolute atomic E-state index is 0.134. The summed E-state index contributed by atoms with van der Waals surface area (Å²) >= 11 is 0. The molecule has 0 aromatic rings. The van der Waals surface area contributed by atoms with Gasteiger partial charge in [-0.3, -0.25) is 0 Å². The van der Waals surface area contributed by atoms with Crippen molar-refractivity contribution < 1.29 is 14.9 Å². The summed E-state index contributed by atoms with van der Waals surface area (Å²) in [4.78, 5) is 0. The standard InChI is InChI=1S/C10H23NO3/c1-4-14-6-9(13)5-11-7-10(2,3)8-12/h9,11-13H,4-8H2,1-3H3. The van der Waals surface area contributed by atoms with E-state index in [9.17, 15) is 5.11 Å². The fraction of sp³-hybridized carbons (Fsp3) is 1.00. The molecule has 0 aliphatic heterocycles. The highest BCUT2D eigenvalue weighted by Gasteiger charge is 2.16. The zero-order valence-corrected chi connectivity index (χ0v) is 9.42. The van der Waals surface area contributed by atoms with E-state index in [2.05, 4.69) is 5.32 Å². The molecule has 0 fully saturated rings. The molecule has 86 valence electrons. The third-order valence-corrected chi connectivity index (χ3v) is 1.93. The molecule has 0 saturated heterocycles. The molecule has 1 unspecified atom stereocenters. The average Bonchev–Trinajstić information content (AvgIpc) is 2.14. The monoisotopic (exact) mass is 205 g/mol. The van der Waals surface area contributed by atoms with Crippen molar-refractivity contribution in [3.05, 3.63) is 0 Å². The Morgan fingerprint density at radius 2 is 2.07 bits per heavy atom. The van der Waals surface area contributed by atoms with Gasteiger partial charge < -0.3 is 20.3 Å². The van der Waals surface area contributed by atoms with Crippen LogP contribution in [0.3, 0.4) is 0 Å². The number of nitrogens with one attached hydrogen (secondary N) is 1. The van der Waals surface area contributed by atoms with Gasteiger partial charge >= 0.3 is 0 Å². The summed E-state index contributed by atoms with van der Waals surface area (Å²) in [6, 6.07) is 0. The van der Waals surface area contributed by atoms with Crippen LogP contribution in [0.5, 0.6) is 0 Å². The van der Waals surface area contributed by atoms with Crippen molar-refractivity contribution in [3.8, 4) is 0 Å². The molecule has 0 aromatic carbocycles. The average molecular weight is 205 g/mol. The lowest BCUT2D eigenvalue weighted by atomic mass is 9.95. The molecular formula is C10H23NO3. The first kappa shape index (κ1) is 13.8. The summed E-state index contributed by atoms with van der Waals surface area (Å²) in [6.07, 6.45) is -0.468. The third-order valence-electron chi connectivity index (χ3n) is 1.93. The van der Waals surface area contributed by atoms with E-state index in [4.69, 9.17) is 9.84 Å². The van der Waals surface area contributed by atoms with Crippen molar-refractivity contribution in [3.63, 3.8) is 0 Å². The summed E-state index contributed by atoms with van der Waals surface area (Å²) in [5, 5.41) is 21.5. The molecule has 0 saturated carbocycles. The van der Waals surface area contributed by atoms with Crippen molar-refractivity contribution in [2.45, 2.75) is 26.9 Å². The van der Waals surface area contributed by atoms with E-state index in [1.807, 2.05) is 20.8 Å². The van der Waals surface area contributed by atoms with Crippen LogP contribution in [0.1, 0.15) is 20.8 Å². The number of aliphatic hydroxyl groups is 2. The van der Waals surface area contributed by atoms with Crippen molar-refractivity contribution in [2.24, 2.45) is 5.41 Å². The van der Waals surface area contributed by atoms with E-state index in [1.165, 1.54) is 0 Å². The van der Waals surface area contributed by atoms with E-state index in [1.54, 1.807) is 0 Å². The van der Waals surface area contributed by atoms with Gasteiger partial charge in [-0.15, -0.1) is 0 Å². The maximum atomic E-state index is 9.40. The molecule has 0 rings (SSSR count). The zero-order valence-electron chi connectivity index (χ0n) is 9.42. The van der Waals surface area contributed by atoms with Crippen molar-refractivity contribution >= 4 is 0 Å². The molecule has 4 nitrogen and oxygen atoms in total. The molecule has 1 atom stereocenters. The van der Waals surface area contributed by atoms with Crippen LogP contribution in [0.25, 0.3) is 0 Å². The summed E-state index contributed by atoms with van der Waals surface area (Å²) in [5.74, 6) is 0. The second kappa shape index (κ2) is 7.17. The number of ether oxygens (including phenoxy) is 1. The summed E-state index contributed by atoms with van der Waals surface area (Å²) in [7, 11) is 0. The zero-order chi connectivity index (χ0) is 11.0. The van der Waals surface area contributed by atoms with Crippen LogP contribution in [-0.2, 0) is 4.74 Å². The number of aliphatic hydroxyl groups excluding tert-OH is 2. The Balaban J connectivity index is 3.43. The smallest absolute Gasteiger partial charge is 0.0897 e. The van der Waals surface area contributed by atoms with Gasteiger partial charge in [-0.1, -0.05) is 13.8 Å². The molecule has 0 aliphatic rings. The van der Waals surface area contributed by atoms with E-state index >= 15 is 0 Å². The minimum Gasteiger partial charge on any atom is -0.396 e. The molecule has 0 aromatic heterocycles. The molecule has 0 spiro atoms. The molecule has 0 amide bonds. The Morgan fingerprint density at radius 3 is 2.57 bits per heavy atom. The first-order chi connectivity index (χ1) is 6.52. The number of hydrogen-bond acceptors (Lipinski definition) is 4. The Labute approximate surface area is 86.3 Å². The van der Waals surface area contributed by atoms with Crippen LogP contribution in [-0.4, -0.2) is 49.2 Å². The first-order valence-electron chi connectivity index (χ1n) is 5.09. The Kier molecular flexibility index (Phi) is 7.09. The van der Waals surface area contributed by atoms with Crippen LogP contribution in [0.2, 0.25) is 0 Å². The molecular weight excluding hydrogens is 182 g/mol. The summed E-state index contributed by atoms with van der Waals surface area (Å²) in [6.45, 7) is 8.15. The number of hydrogen-bond donors (Lipinski definition) is 3. The van der Waals surface area contributed by atoms with Crippen LogP contribution in [0.4, 0.5) is 0 Å². The van der Waals surface area contributed by atoms with Crippen LogP contribution >= 0.6 is 0 Å². The van der Waals surface area contributed by atoms with Gasteiger partial charge in [-0.25, -0.2) is 0 Å². The highest BCUT2D eigenvalue weighted by Crippen LogP contribution is 2.10.